The summed E-state index contributed by atoms with van der Waals surface area (Å²) >= 11 is 12.2. The number of hydrogen-bond donors (Lipinski definition) is 0. The van der Waals surface area contributed by atoms with E-state index in [4.69, 9.17) is 23.2 Å². The third kappa shape index (κ3) is 4.04. The highest BCUT2D eigenvalue weighted by Gasteiger charge is 2.25. The lowest BCUT2D eigenvalue weighted by molar-refractivity contribution is -0.135. The molecule has 0 spiro atoms. The molecule has 1 unspecified atom stereocenters. The van der Waals surface area contributed by atoms with Gasteiger partial charge in [-0.3, -0.25) is 4.79 Å². The summed E-state index contributed by atoms with van der Waals surface area (Å²) in [5.41, 5.74) is 0.995. The molecule has 3 nitrogen and oxygen atoms in total. The third-order valence-electron chi connectivity index (χ3n) is 3.99. The fourth-order valence-corrected chi connectivity index (χ4v) is 3.30. The second kappa shape index (κ2) is 7.37. The molecule has 0 aliphatic carbocycles. The van der Waals surface area contributed by atoms with Gasteiger partial charge in [0.05, 0.1) is 10.7 Å². The van der Waals surface area contributed by atoms with Gasteiger partial charge in [0.2, 0.25) is 5.91 Å². The maximum Gasteiger partial charge on any atom is 0.225 e. The monoisotopic (exact) mass is 328 g/mol. The van der Waals surface area contributed by atoms with Gasteiger partial charge in [-0.15, -0.1) is 0 Å². The standard InChI is InChI=1S/C16H22Cl2N2O/c1-3-4-12(2)16(21)20-9-7-19(8-10-20)15-6-5-13(17)11-14(15)18/h5-6,11-12H,3-4,7-10H2,1-2H3. The van der Waals surface area contributed by atoms with Crippen LogP contribution in [0.25, 0.3) is 0 Å². The van der Waals surface area contributed by atoms with E-state index in [2.05, 4.69) is 11.8 Å². The van der Waals surface area contributed by atoms with Gasteiger partial charge in [0.15, 0.2) is 0 Å². The number of anilines is 1. The van der Waals surface area contributed by atoms with E-state index in [9.17, 15) is 4.79 Å². The molecule has 1 aliphatic rings. The first-order valence-electron chi connectivity index (χ1n) is 7.51. The fraction of sp³-hybridized carbons (Fsp3) is 0.562. The molecule has 0 bridgehead atoms. The van der Waals surface area contributed by atoms with Crippen LogP contribution in [-0.2, 0) is 4.79 Å². The number of nitrogens with zero attached hydrogens (tertiary/aromatic N) is 2. The molecule has 1 saturated heterocycles. The van der Waals surface area contributed by atoms with E-state index in [1.165, 1.54) is 0 Å². The Hall–Kier alpha value is -0.930. The van der Waals surface area contributed by atoms with Crippen LogP contribution in [0.4, 0.5) is 5.69 Å². The predicted octanol–water partition coefficient (Wildman–Crippen LogP) is 4.08. The van der Waals surface area contributed by atoms with Crippen LogP contribution in [0.2, 0.25) is 10.0 Å². The van der Waals surface area contributed by atoms with Gasteiger partial charge in [0.25, 0.3) is 0 Å². The first kappa shape index (κ1) is 16.4. The second-order valence-electron chi connectivity index (χ2n) is 5.60. The molecule has 0 radical (unpaired) electrons. The Morgan fingerprint density at radius 2 is 1.90 bits per heavy atom. The van der Waals surface area contributed by atoms with Gasteiger partial charge < -0.3 is 9.80 Å². The van der Waals surface area contributed by atoms with Crippen LogP contribution in [0.1, 0.15) is 26.7 Å². The van der Waals surface area contributed by atoms with Crippen LogP contribution in [0.15, 0.2) is 18.2 Å². The summed E-state index contributed by atoms with van der Waals surface area (Å²) < 4.78 is 0. The Bertz CT molecular complexity index is 499. The average Bonchev–Trinajstić information content (AvgIpc) is 2.47. The Kier molecular flexibility index (Phi) is 5.77. The van der Waals surface area contributed by atoms with Gasteiger partial charge in [-0.1, -0.05) is 43.5 Å². The van der Waals surface area contributed by atoms with Crippen LogP contribution in [0.5, 0.6) is 0 Å². The lowest BCUT2D eigenvalue weighted by atomic mass is 10.0. The highest BCUT2D eigenvalue weighted by Crippen LogP contribution is 2.29. The second-order valence-corrected chi connectivity index (χ2v) is 6.44. The maximum absolute atomic E-state index is 12.3. The highest BCUT2D eigenvalue weighted by molar-refractivity contribution is 6.36. The summed E-state index contributed by atoms with van der Waals surface area (Å²) in [7, 11) is 0. The van der Waals surface area contributed by atoms with Crippen molar-refractivity contribution in [2.75, 3.05) is 31.1 Å². The van der Waals surface area contributed by atoms with Gasteiger partial charge in [-0.25, -0.2) is 0 Å². The molecular formula is C16H22Cl2N2O. The lowest BCUT2D eigenvalue weighted by Gasteiger charge is -2.37. The topological polar surface area (TPSA) is 23.6 Å². The predicted molar refractivity (Wildman–Crippen MR) is 89.3 cm³/mol. The van der Waals surface area contributed by atoms with Crippen LogP contribution in [0.3, 0.4) is 0 Å². The summed E-state index contributed by atoms with van der Waals surface area (Å²) in [5.74, 6) is 0.402. The summed E-state index contributed by atoms with van der Waals surface area (Å²) in [6.07, 6.45) is 2.01. The molecule has 116 valence electrons. The molecule has 21 heavy (non-hydrogen) atoms. The third-order valence-corrected chi connectivity index (χ3v) is 4.52. The summed E-state index contributed by atoms with van der Waals surface area (Å²) in [4.78, 5) is 16.5. The molecule has 1 atom stereocenters. The number of carbonyl (C=O) groups excluding carboxylic acids is 1. The minimum absolute atomic E-state index is 0.126. The molecule has 0 N–H and O–H groups in total. The smallest absolute Gasteiger partial charge is 0.225 e. The Balaban J connectivity index is 1.95. The molecule has 0 saturated carbocycles. The van der Waals surface area contributed by atoms with Crippen molar-refractivity contribution in [1.82, 2.24) is 4.90 Å². The molecule has 1 amide bonds. The van der Waals surface area contributed by atoms with E-state index in [-0.39, 0.29) is 11.8 Å². The van der Waals surface area contributed by atoms with Crippen molar-refractivity contribution in [3.05, 3.63) is 28.2 Å². The molecule has 1 aromatic carbocycles. The molecule has 1 aliphatic heterocycles. The number of amides is 1. The van der Waals surface area contributed by atoms with Crippen molar-refractivity contribution in [2.45, 2.75) is 26.7 Å². The summed E-state index contributed by atoms with van der Waals surface area (Å²) in [5, 5.41) is 1.31. The van der Waals surface area contributed by atoms with Crippen LogP contribution < -0.4 is 4.90 Å². The number of hydrogen-bond acceptors (Lipinski definition) is 2. The summed E-state index contributed by atoms with van der Waals surface area (Å²) in [6.45, 7) is 7.27. The summed E-state index contributed by atoms with van der Waals surface area (Å²) in [6, 6.07) is 5.56. The normalized spacial score (nSPS) is 17.0. The zero-order chi connectivity index (χ0) is 15.4. The van der Waals surface area contributed by atoms with Crippen LogP contribution in [-0.4, -0.2) is 37.0 Å². The quantitative estimate of drug-likeness (QED) is 0.831. The van der Waals surface area contributed by atoms with E-state index >= 15 is 0 Å². The highest BCUT2D eigenvalue weighted by atomic mass is 35.5. The minimum Gasteiger partial charge on any atom is -0.367 e. The Morgan fingerprint density at radius 1 is 1.24 bits per heavy atom. The molecule has 1 aromatic rings. The first-order chi connectivity index (χ1) is 10.0. The van der Waals surface area contributed by atoms with Crippen LogP contribution >= 0.6 is 23.2 Å². The molecule has 2 rings (SSSR count). The van der Waals surface area contributed by atoms with Gasteiger partial charge >= 0.3 is 0 Å². The van der Waals surface area contributed by atoms with Gasteiger partial charge in [0.1, 0.15) is 0 Å². The van der Waals surface area contributed by atoms with Crippen molar-refractivity contribution < 1.29 is 4.79 Å². The molecular weight excluding hydrogens is 307 g/mol. The fourth-order valence-electron chi connectivity index (χ4n) is 2.77. The minimum atomic E-state index is 0.126. The SMILES string of the molecule is CCCC(C)C(=O)N1CCN(c2ccc(Cl)cc2Cl)CC1. The largest absolute Gasteiger partial charge is 0.367 e. The van der Waals surface area contributed by atoms with E-state index in [0.717, 1.165) is 44.7 Å². The number of benzene rings is 1. The van der Waals surface area contributed by atoms with Crippen molar-refractivity contribution in [3.63, 3.8) is 0 Å². The van der Waals surface area contributed by atoms with Crippen molar-refractivity contribution >= 4 is 34.8 Å². The zero-order valence-electron chi connectivity index (χ0n) is 12.6. The van der Waals surface area contributed by atoms with Gasteiger partial charge in [0, 0.05) is 37.1 Å². The number of piperazine rings is 1. The number of carbonyl (C=O) groups is 1. The van der Waals surface area contributed by atoms with Gasteiger partial charge in [-0.2, -0.15) is 0 Å². The van der Waals surface area contributed by atoms with Gasteiger partial charge in [-0.05, 0) is 24.6 Å². The lowest BCUT2D eigenvalue weighted by Crippen LogP contribution is -2.50. The van der Waals surface area contributed by atoms with Crippen molar-refractivity contribution in [3.8, 4) is 0 Å². The zero-order valence-corrected chi connectivity index (χ0v) is 14.1. The van der Waals surface area contributed by atoms with Crippen LogP contribution in [0, 0.1) is 5.92 Å². The Morgan fingerprint density at radius 3 is 2.48 bits per heavy atom. The Labute approximate surface area is 136 Å². The number of rotatable bonds is 4. The molecule has 1 heterocycles. The average molecular weight is 329 g/mol. The molecule has 1 fully saturated rings. The molecule has 0 aromatic heterocycles. The maximum atomic E-state index is 12.3. The van der Waals surface area contributed by atoms with E-state index < -0.39 is 0 Å². The first-order valence-corrected chi connectivity index (χ1v) is 8.27. The van der Waals surface area contributed by atoms with E-state index in [0.29, 0.717) is 10.0 Å². The molecule has 5 heteroatoms. The number of halogens is 2. The van der Waals surface area contributed by atoms with E-state index in [1.807, 2.05) is 24.0 Å². The van der Waals surface area contributed by atoms with Crippen molar-refractivity contribution in [2.24, 2.45) is 5.92 Å². The van der Waals surface area contributed by atoms with Crippen molar-refractivity contribution in [1.29, 1.82) is 0 Å². The van der Waals surface area contributed by atoms with E-state index in [1.54, 1.807) is 6.07 Å².